The van der Waals surface area contributed by atoms with Crippen molar-refractivity contribution in [1.82, 2.24) is 24.8 Å². The van der Waals surface area contributed by atoms with E-state index >= 15 is 0 Å². The van der Waals surface area contributed by atoms with Gasteiger partial charge in [-0.15, -0.1) is 0 Å². The number of nitrogens with one attached hydrogen (secondary N) is 3. The number of fused-ring (bicyclic) bond motifs is 1. The molecule has 0 aliphatic carbocycles. The third kappa shape index (κ3) is 6.75. The standard InChI is InChI=1S/C27H30N6O5/c1-16-9-21-22(10-17(16)2)31-23(30-21)12-28-25-18(3)13-33(26(36)32-25)14-20(11-24(34)35)29-27(37)38-15-19-7-5-4-6-8-19/h4-10,13,20H,11-12,14-15H2,1-3H3,(H,29,37)(H,30,31)(H,34,35)(H,28,32,36). The lowest BCUT2D eigenvalue weighted by Gasteiger charge is -2.19. The molecule has 2 heterocycles. The molecule has 1 amide bonds. The van der Waals surface area contributed by atoms with E-state index in [9.17, 15) is 19.5 Å². The second kappa shape index (κ2) is 11.6. The molecule has 2 aromatic heterocycles. The van der Waals surface area contributed by atoms with Gasteiger partial charge in [0.05, 0.1) is 30.0 Å². The number of aromatic nitrogens is 4. The second-order valence-electron chi connectivity index (χ2n) is 9.20. The monoisotopic (exact) mass is 518 g/mol. The molecular formula is C27H30N6O5. The minimum atomic E-state index is -1.12. The number of carbonyl (C=O) groups is 2. The molecule has 4 aromatic rings. The molecule has 4 N–H and O–H groups in total. The van der Waals surface area contributed by atoms with E-state index in [1.54, 1.807) is 13.1 Å². The Morgan fingerprint density at radius 3 is 2.55 bits per heavy atom. The quantitative estimate of drug-likeness (QED) is 0.249. The molecule has 4 rings (SSSR count). The van der Waals surface area contributed by atoms with Crippen molar-refractivity contribution < 1.29 is 19.4 Å². The highest BCUT2D eigenvalue weighted by atomic mass is 16.5. The van der Waals surface area contributed by atoms with Crippen molar-refractivity contribution in [2.75, 3.05) is 5.32 Å². The van der Waals surface area contributed by atoms with Gasteiger partial charge < -0.3 is 25.5 Å². The maximum absolute atomic E-state index is 12.7. The lowest BCUT2D eigenvalue weighted by Crippen LogP contribution is -2.42. The van der Waals surface area contributed by atoms with Crippen molar-refractivity contribution in [1.29, 1.82) is 0 Å². The first-order valence-electron chi connectivity index (χ1n) is 12.1. The van der Waals surface area contributed by atoms with Crippen molar-refractivity contribution in [3.8, 4) is 0 Å². The molecule has 2 aromatic carbocycles. The zero-order chi connectivity index (χ0) is 27.2. The summed E-state index contributed by atoms with van der Waals surface area (Å²) in [6.45, 7) is 6.15. The molecule has 0 spiro atoms. The lowest BCUT2D eigenvalue weighted by atomic mass is 10.1. The first-order chi connectivity index (χ1) is 18.2. The van der Waals surface area contributed by atoms with Crippen LogP contribution in [0, 0.1) is 20.8 Å². The number of ether oxygens (including phenoxy) is 1. The van der Waals surface area contributed by atoms with Crippen LogP contribution in [0.1, 0.15) is 34.5 Å². The van der Waals surface area contributed by atoms with Gasteiger partial charge >= 0.3 is 17.8 Å². The van der Waals surface area contributed by atoms with Crippen LogP contribution in [0.15, 0.2) is 53.5 Å². The fourth-order valence-electron chi connectivity index (χ4n) is 4.02. The summed E-state index contributed by atoms with van der Waals surface area (Å²) >= 11 is 0. The Kier molecular flexibility index (Phi) is 8.05. The Hall–Kier alpha value is -4.67. The first-order valence-corrected chi connectivity index (χ1v) is 12.1. The van der Waals surface area contributed by atoms with Crippen LogP contribution in [0.4, 0.5) is 10.6 Å². The van der Waals surface area contributed by atoms with Crippen LogP contribution < -0.4 is 16.3 Å². The number of anilines is 1. The Balaban J connectivity index is 1.41. The van der Waals surface area contributed by atoms with E-state index in [0.29, 0.717) is 23.8 Å². The van der Waals surface area contributed by atoms with E-state index in [1.807, 2.05) is 56.3 Å². The zero-order valence-electron chi connectivity index (χ0n) is 21.4. The number of carbonyl (C=O) groups excluding carboxylic acids is 1. The van der Waals surface area contributed by atoms with Crippen LogP contribution in [0.3, 0.4) is 0 Å². The topological polar surface area (TPSA) is 151 Å². The van der Waals surface area contributed by atoms with Crippen LogP contribution in [-0.4, -0.2) is 42.7 Å². The van der Waals surface area contributed by atoms with E-state index in [-0.39, 0.29) is 13.2 Å². The van der Waals surface area contributed by atoms with E-state index in [0.717, 1.165) is 22.2 Å². The van der Waals surface area contributed by atoms with Gasteiger partial charge in [-0.2, -0.15) is 4.98 Å². The van der Waals surface area contributed by atoms with Gasteiger partial charge in [-0.05, 0) is 49.6 Å². The van der Waals surface area contributed by atoms with E-state index < -0.39 is 30.2 Å². The predicted molar refractivity (Wildman–Crippen MR) is 142 cm³/mol. The van der Waals surface area contributed by atoms with Crippen LogP contribution in [-0.2, 0) is 29.2 Å². The Bertz CT molecular complexity index is 1470. The number of nitrogens with zero attached hydrogens (tertiary/aromatic N) is 3. The van der Waals surface area contributed by atoms with Gasteiger partial charge in [0.15, 0.2) is 0 Å². The van der Waals surface area contributed by atoms with E-state index in [1.165, 1.54) is 10.1 Å². The summed E-state index contributed by atoms with van der Waals surface area (Å²) in [5.74, 6) is -0.0233. The summed E-state index contributed by atoms with van der Waals surface area (Å²) in [5.41, 5.74) is 5.02. The van der Waals surface area contributed by atoms with Crippen molar-refractivity contribution in [2.45, 2.75) is 52.9 Å². The number of H-pyrrole nitrogens is 1. The number of hydrogen-bond donors (Lipinski definition) is 4. The fraction of sp³-hybridized carbons (Fsp3) is 0.296. The Labute approximate surface area is 218 Å². The van der Waals surface area contributed by atoms with Crippen molar-refractivity contribution >= 4 is 28.9 Å². The van der Waals surface area contributed by atoms with Crippen molar-refractivity contribution in [3.05, 3.63) is 87.2 Å². The smallest absolute Gasteiger partial charge is 0.407 e. The maximum atomic E-state index is 12.7. The highest BCUT2D eigenvalue weighted by Crippen LogP contribution is 2.18. The minimum Gasteiger partial charge on any atom is -0.481 e. The van der Waals surface area contributed by atoms with Gasteiger partial charge in [-0.1, -0.05) is 30.3 Å². The number of alkyl carbamates (subject to hydrolysis) is 1. The number of aliphatic carboxylic acids is 1. The summed E-state index contributed by atoms with van der Waals surface area (Å²) in [6, 6.07) is 12.3. The molecule has 0 saturated carbocycles. The van der Waals surface area contributed by atoms with Crippen LogP contribution in [0.25, 0.3) is 11.0 Å². The Morgan fingerprint density at radius 2 is 1.82 bits per heavy atom. The highest BCUT2D eigenvalue weighted by Gasteiger charge is 2.19. The largest absolute Gasteiger partial charge is 0.481 e. The molecule has 0 radical (unpaired) electrons. The lowest BCUT2D eigenvalue weighted by molar-refractivity contribution is -0.137. The summed E-state index contributed by atoms with van der Waals surface area (Å²) in [7, 11) is 0. The number of amides is 1. The van der Waals surface area contributed by atoms with Gasteiger partial charge in [0.2, 0.25) is 0 Å². The SMILES string of the molecule is Cc1cc2nc(CNc3nc(=O)n(CC(CC(=O)O)NC(=O)OCc4ccccc4)cc3C)[nH]c2cc1C. The second-order valence-corrected chi connectivity index (χ2v) is 9.20. The third-order valence-corrected chi connectivity index (χ3v) is 6.12. The molecule has 11 nitrogen and oxygen atoms in total. The van der Waals surface area contributed by atoms with E-state index in [4.69, 9.17) is 4.74 Å². The number of rotatable bonds is 10. The van der Waals surface area contributed by atoms with Crippen molar-refractivity contribution in [2.24, 2.45) is 0 Å². The third-order valence-electron chi connectivity index (χ3n) is 6.12. The summed E-state index contributed by atoms with van der Waals surface area (Å²) < 4.78 is 6.47. The molecule has 0 saturated heterocycles. The van der Waals surface area contributed by atoms with Crippen molar-refractivity contribution in [3.63, 3.8) is 0 Å². The van der Waals surface area contributed by atoms with Gasteiger partial charge in [0.1, 0.15) is 18.2 Å². The van der Waals surface area contributed by atoms with Gasteiger partial charge in [0.25, 0.3) is 0 Å². The Morgan fingerprint density at radius 1 is 1.08 bits per heavy atom. The first kappa shape index (κ1) is 26.4. The molecule has 1 unspecified atom stereocenters. The number of hydrogen-bond acceptors (Lipinski definition) is 7. The molecule has 0 aliphatic rings. The molecule has 0 bridgehead atoms. The fourth-order valence-corrected chi connectivity index (χ4v) is 4.02. The highest BCUT2D eigenvalue weighted by molar-refractivity contribution is 5.77. The van der Waals surface area contributed by atoms with Gasteiger partial charge in [0, 0.05) is 18.3 Å². The molecule has 0 fully saturated rings. The normalized spacial score (nSPS) is 11.8. The van der Waals surface area contributed by atoms with Crippen LogP contribution in [0.2, 0.25) is 0 Å². The molecule has 0 aliphatic heterocycles. The number of benzene rings is 2. The molecule has 1 atom stereocenters. The molecule has 11 heteroatoms. The van der Waals surface area contributed by atoms with E-state index in [2.05, 4.69) is 25.6 Å². The predicted octanol–water partition coefficient (Wildman–Crippen LogP) is 3.43. The van der Waals surface area contributed by atoms with Gasteiger partial charge in [-0.25, -0.2) is 14.6 Å². The summed E-state index contributed by atoms with van der Waals surface area (Å²) in [5, 5.41) is 15.0. The number of carboxylic acid groups (broad SMARTS) is 1. The number of aryl methyl sites for hydroxylation is 3. The zero-order valence-corrected chi connectivity index (χ0v) is 21.4. The summed E-state index contributed by atoms with van der Waals surface area (Å²) in [4.78, 5) is 48.4. The van der Waals surface area contributed by atoms with Crippen LogP contribution in [0.5, 0.6) is 0 Å². The number of carboxylic acids is 1. The molecule has 38 heavy (non-hydrogen) atoms. The van der Waals surface area contributed by atoms with Crippen LogP contribution >= 0.6 is 0 Å². The number of imidazole rings is 1. The average molecular weight is 519 g/mol. The average Bonchev–Trinajstić information content (AvgIpc) is 3.25. The maximum Gasteiger partial charge on any atom is 0.407 e. The summed E-state index contributed by atoms with van der Waals surface area (Å²) in [6.07, 6.45) is 0.415. The van der Waals surface area contributed by atoms with Gasteiger partial charge in [-0.3, -0.25) is 9.36 Å². The molecule has 198 valence electrons. The molecular weight excluding hydrogens is 488 g/mol. The minimum absolute atomic E-state index is 0.0396. The number of aromatic amines is 1.